The van der Waals surface area contributed by atoms with Gasteiger partial charge in [0.2, 0.25) is 0 Å². The molecular weight excluding hydrogens is 394 g/mol. The molecule has 2 aliphatic rings. The lowest BCUT2D eigenvalue weighted by Gasteiger charge is -2.26. The number of hydrogen-bond acceptors (Lipinski definition) is 7. The molecule has 0 spiro atoms. The zero-order chi connectivity index (χ0) is 19.5. The second-order valence-corrected chi connectivity index (χ2v) is 9.68. The van der Waals surface area contributed by atoms with Gasteiger partial charge in [-0.2, -0.15) is 0 Å². The summed E-state index contributed by atoms with van der Waals surface area (Å²) in [6.45, 7) is 10.2. The maximum atomic E-state index is 13.4. The highest BCUT2D eigenvalue weighted by atomic mass is 32.2. The van der Waals surface area contributed by atoms with Crippen molar-refractivity contribution in [2.45, 2.75) is 50.9 Å². The Kier molecular flexibility index (Phi) is 6.73. The van der Waals surface area contributed by atoms with Crippen LogP contribution in [0.15, 0.2) is 9.95 Å². The molecule has 2 aliphatic heterocycles. The minimum Gasteiger partial charge on any atom is -0.379 e. The smallest absolute Gasteiger partial charge is 0.263 e. The first-order chi connectivity index (χ1) is 13.7. The maximum Gasteiger partial charge on any atom is 0.263 e. The molecule has 0 radical (unpaired) electrons. The van der Waals surface area contributed by atoms with Crippen molar-refractivity contribution in [1.82, 2.24) is 14.5 Å². The van der Waals surface area contributed by atoms with E-state index in [4.69, 9.17) is 14.5 Å². The van der Waals surface area contributed by atoms with Gasteiger partial charge in [0.1, 0.15) is 4.83 Å². The summed E-state index contributed by atoms with van der Waals surface area (Å²) in [6, 6.07) is 0. The van der Waals surface area contributed by atoms with Gasteiger partial charge in [-0.15, -0.1) is 11.3 Å². The third-order valence-corrected chi connectivity index (χ3v) is 7.58. The van der Waals surface area contributed by atoms with Crippen molar-refractivity contribution in [3.05, 3.63) is 20.8 Å². The first-order valence-electron chi connectivity index (χ1n) is 10.2. The van der Waals surface area contributed by atoms with Crippen molar-refractivity contribution in [3.8, 4) is 0 Å². The SMILES string of the molecule is CCc1c(C)sc2nc(SCCN3CCOCC3)n(CC3CCCO3)c(=O)c12. The standard InChI is InChI=1S/C20H29N3O3S2/c1-3-16-14(2)28-18-17(16)19(24)23(13-15-5-4-9-26-15)20(21-18)27-12-8-22-6-10-25-11-7-22/h15H,3-13H2,1-2H3. The van der Waals surface area contributed by atoms with Gasteiger partial charge in [0.05, 0.1) is 31.2 Å². The van der Waals surface area contributed by atoms with Crippen molar-refractivity contribution in [1.29, 1.82) is 0 Å². The molecule has 154 valence electrons. The molecule has 4 heterocycles. The molecule has 0 saturated carbocycles. The van der Waals surface area contributed by atoms with E-state index in [0.29, 0.717) is 6.54 Å². The van der Waals surface area contributed by atoms with Crippen LogP contribution in [-0.4, -0.2) is 65.8 Å². The lowest BCUT2D eigenvalue weighted by Crippen LogP contribution is -2.37. The van der Waals surface area contributed by atoms with E-state index in [9.17, 15) is 4.79 Å². The van der Waals surface area contributed by atoms with Crippen LogP contribution in [0.25, 0.3) is 10.2 Å². The van der Waals surface area contributed by atoms with Crippen LogP contribution >= 0.6 is 23.1 Å². The molecule has 0 N–H and O–H groups in total. The number of ether oxygens (including phenoxy) is 2. The second kappa shape index (κ2) is 9.26. The van der Waals surface area contributed by atoms with Gasteiger partial charge in [-0.05, 0) is 31.7 Å². The van der Waals surface area contributed by atoms with E-state index in [-0.39, 0.29) is 11.7 Å². The van der Waals surface area contributed by atoms with E-state index >= 15 is 0 Å². The molecule has 6 nitrogen and oxygen atoms in total. The van der Waals surface area contributed by atoms with Crippen LogP contribution in [0.2, 0.25) is 0 Å². The zero-order valence-corrected chi connectivity index (χ0v) is 18.4. The fourth-order valence-electron chi connectivity index (χ4n) is 4.01. The van der Waals surface area contributed by atoms with Gasteiger partial charge in [-0.3, -0.25) is 14.3 Å². The molecule has 2 aromatic heterocycles. The summed E-state index contributed by atoms with van der Waals surface area (Å²) in [6.07, 6.45) is 3.09. The van der Waals surface area contributed by atoms with Crippen molar-refractivity contribution < 1.29 is 9.47 Å². The maximum absolute atomic E-state index is 13.4. The largest absolute Gasteiger partial charge is 0.379 e. The number of thiophene rings is 1. The molecule has 2 saturated heterocycles. The number of morpholine rings is 1. The molecular formula is C20H29N3O3S2. The molecule has 0 aromatic carbocycles. The van der Waals surface area contributed by atoms with Crippen LogP contribution in [0, 0.1) is 6.92 Å². The highest BCUT2D eigenvalue weighted by Gasteiger charge is 2.23. The molecule has 1 unspecified atom stereocenters. The molecule has 2 fully saturated rings. The average Bonchev–Trinajstić information content (AvgIpc) is 3.32. The van der Waals surface area contributed by atoms with Crippen LogP contribution in [-0.2, 0) is 22.4 Å². The monoisotopic (exact) mass is 423 g/mol. The summed E-state index contributed by atoms with van der Waals surface area (Å²) in [5, 5.41) is 1.66. The summed E-state index contributed by atoms with van der Waals surface area (Å²) in [5.74, 6) is 0.925. The molecule has 8 heteroatoms. The Bertz CT molecular complexity index is 868. The molecule has 28 heavy (non-hydrogen) atoms. The van der Waals surface area contributed by atoms with Crippen LogP contribution in [0.3, 0.4) is 0 Å². The predicted molar refractivity (Wildman–Crippen MR) is 115 cm³/mol. The summed E-state index contributed by atoms with van der Waals surface area (Å²) in [4.78, 5) is 22.9. The number of nitrogens with zero attached hydrogens (tertiary/aromatic N) is 3. The third kappa shape index (κ3) is 4.31. The van der Waals surface area contributed by atoms with E-state index in [0.717, 1.165) is 85.4 Å². The normalized spacial score (nSPS) is 21.0. The Labute approximate surface area is 174 Å². The minimum absolute atomic E-state index is 0.107. The van der Waals surface area contributed by atoms with Crippen LogP contribution < -0.4 is 5.56 Å². The van der Waals surface area contributed by atoms with Gasteiger partial charge >= 0.3 is 0 Å². The van der Waals surface area contributed by atoms with Crippen molar-refractivity contribution in [3.63, 3.8) is 0 Å². The van der Waals surface area contributed by atoms with Crippen molar-refractivity contribution in [2.24, 2.45) is 0 Å². The minimum atomic E-state index is 0.107. The van der Waals surface area contributed by atoms with Crippen molar-refractivity contribution in [2.75, 3.05) is 45.2 Å². The summed E-state index contributed by atoms with van der Waals surface area (Å²) in [7, 11) is 0. The van der Waals surface area contributed by atoms with E-state index in [1.54, 1.807) is 23.1 Å². The molecule has 4 rings (SSSR count). The van der Waals surface area contributed by atoms with E-state index in [2.05, 4.69) is 18.7 Å². The quantitative estimate of drug-likeness (QED) is 0.504. The molecule has 0 amide bonds. The summed E-state index contributed by atoms with van der Waals surface area (Å²) < 4.78 is 13.1. The van der Waals surface area contributed by atoms with Gasteiger partial charge < -0.3 is 9.47 Å². The van der Waals surface area contributed by atoms with Crippen LogP contribution in [0.4, 0.5) is 0 Å². The molecule has 1 atom stereocenters. The Morgan fingerprint density at radius 2 is 2.11 bits per heavy atom. The number of fused-ring (bicyclic) bond motifs is 1. The number of thioether (sulfide) groups is 1. The highest BCUT2D eigenvalue weighted by Crippen LogP contribution is 2.30. The number of hydrogen-bond donors (Lipinski definition) is 0. The van der Waals surface area contributed by atoms with Crippen LogP contribution in [0.1, 0.15) is 30.2 Å². The van der Waals surface area contributed by atoms with E-state index < -0.39 is 0 Å². The summed E-state index contributed by atoms with van der Waals surface area (Å²) in [5.41, 5.74) is 1.26. The first-order valence-corrected chi connectivity index (χ1v) is 12.0. The summed E-state index contributed by atoms with van der Waals surface area (Å²) >= 11 is 3.34. The van der Waals surface area contributed by atoms with Gasteiger partial charge in [0.15, 0.2) is 5.16 Å². The molecule has 0 aliphatic carbocycles. The Morgan fingerprint density at radius 3 is 2.82 bits per heavy atom. The van der Waals surface area contributed by atoms with Gasteiger partial charge in [0, 0.05) is 36.9 Å². The lowest BCUT2D eigenvalue weighted by atomic mass is 10.1. The number of aryl methyl sites for hydroxylation is 2. The zero-order valence-electron chi connectivity index (χ0n) is 16.7. The fraction of sp³-hybridized carbons (Fsp3) is 0.700. The van der Waals surface area contributed by atoms with Gasteiger partial charge in [0.25, 0.3) is 5.56 Å². The average molecular weight is 424 g/mol. The third-order valence-electron chi connectivity index (χ3n) is 5.58. The fourth-order valence-corrected chi connectivity index (χ4v) is 6.17. The van der Waals surface area contributed by atoms with Crippen molar-refractivity contribution >= 4 is 33.3 Å². The topological polar surface area (TPSA) is 56.6 Å². The highest BCUT2D eigenvalue weighted by molar-refractivity contribution is 7.99. The Morgan fingerprint density at radius 1 is 1.29 bits per heavy atom. The second-order valence-electron chi connectivity index (χ2n) is 7.42. The molecule has 2 aromatic rings. The lowest BCUT2D eigenvalue weighted by molar-refractivity contribution is 0.0410. The Hall–Kier alpha value is -0.930. The van der Waals surface area contributed by atoms with Gasteiger partial charge in [-0.25, -0.2) is 4.98 Å². The van der Waals surface area contributed by atoms with E-state index in [1.165, 1.54) is 4.88 Å². The van der Waals surface area contributed by atoms with Gasteiger partial charge in [-0.1, -0.05) is 18.7 Å². The number of rotatable bonds is 7. The predicted octanol–water partition coefficient (Wildman–Crippen LogP) is 2.93. The Balaban J connectivity index is 1.61. The number of aromatic nitrogens is 2. The first kappa shape index (κ1) is 20.3. The van der Waals surface area contributed by atoms with E-state index in [1.807, 2.05) is 4.57 Å². The molecule has 0 bridgehead atoms. The van der Waals surface area contributed by atoms with Crippen LogP contribution in [0.5, 0.6) is 0 Å².